The summed E-state index contributed by atoms with van der Waals surface area (Å²) in [6.07, 6.45) is 7.96. The van der Waals surface area contributed by atoms with Crippen LogP contribution >= 0.6 is 0 Å². The van der Waals surface area contributed by atoms with Crippen molar-refractivity contribution in [2.75, 3.05) is 28.4 Å². The van der Waals surface area contributed by atoms with Crippen LogP contribution < -0.4 is 0 Å². The third-order valence-electron chi connectivity index (χ3n) is 7.28. The van der Waals surface area contributed by atoms with Gasteiger partial charge in [-0.25, -0.2) is 0 Å². The Kier molecular flexibility index (Phi) is 10.7. The third kappa shape index (κ3) is 6.62. The highest BCUT2D eigenvalue weighted by molar-refractivity contribution is 5.18. The van der Waals surface area contributed by atoms with Gasteiger partial charge in [0.15, 0.2) is 6.29 Å². The number of methoxy groups -OCH3 is 4. The van der Waals surface area contributed by atoms with Crippen LogP contribution in [0, 0.1) is 23.7 Å². The number of hydrogen-bond acceptors (Lipinski definition) is 6. The molecule has 0 aromatic heterocycles. The zero-order chi connectivity index (χ0) is 23.1. The average Bonchev–Trinajstić information content (AvgIpc) is 3.58. The van der Waals surface area contributed by atoms with Crippen molar-refractivity contribution in [3.8, 4) is 0 Å². The number of hydrogen-bond donors (Lipinski definition) is 1. The molecule has 1 saturated heterocycles. The summed E-state index contributed by atoms with van der Waals surface area (Å²) in [6.45, 7) is 8.51. The molecule has 0 bridgehead atoms. The second kappa shape index (κ2) is 12.5. The van der Waals surface area contributed by atoms with E-state index in [0.29, 0.717) is 24.2 Å². The molecule has 1 aliphatic heterocycles. The predicted octanol–water partition coefficient (Wildman–Crippen LogP) is 3.97. The second-order valence-electron chi connectivity index (χ2n) is 9.18. The maximum Gasteiger partial charge on any atom is 0.160 e. The first-order valence-electron chi connectivity index (χ1n) is 11.6. The summed E-state index contributed by atoms with van der Waals surface area (Å²) in [5, 5.41) is 10.8. The lowest BCUT2D eigenvalue weighted by Crippen LogP contribution is -2.51. The van der Waals surface area contributed by atoms with E-state index in [2.05, 4.69) is 26.8 Å². The first-order valence-corrected chi connectivity index (χ1v) is 11.6. The van der Waals surface area contributed by atoms with Crippen molar-refractivity contribution >= 4 is 0 Å². The van der Waals surface area contributed by atoms with Crippen LogP contribution in [0.3, 0.4) is 0 Å². The Morgan fingerprint density at radius 3 is 2.32 bits per heavy atom. The van der Waals surface area contributed by atoms with E-state index in [1.54, 1.807) is 28.4 Å². The standard InChI is InChI=1S/C25H44O6/c1-9-20(27-5)17(4)18-13-19(18)23(26)15(2)11-10-12-16(3)24-25(30-8)21(28-6)14-22(29-7)31-24/h10-12,15,17-26H,9,13-14H2,1-8H3/b11-10+,16-12+/t15-,17-,18-,19+,20-,21-,22+,23+,24-,25-/m0/s1. The van der Waals surface area contributed by atoms with Crippen molar-refractivity contribution in [1.82, 2.24) is 0 Å². The van der Waals surface area contributed by atoms with Gasteiger partial charge < -0.3 is 28.8 Å². The topological polar surface area (TPSA) is 66.4 Å². The molecule has 0 spiro atoms. The van der Waals surface area contributed by atoms with E-state index in [1.807, 2.05) is 19.1 Å². The van der Waals surface area contributed by atoms with Crippen LogP contribution in [0.1, 0.15) is 47.0 Å². The Morgan fingerprint density at radius 2 is 1.77 bits per heavy atom. The molecule has 0 amide bonds. The fourth-order valence-electron chi connectivity index (χ4n) is 5.08. The van der Waals surface area contributed by atoms with Crippen molar-refractivity contribution in [2.24, 2.45) is 23.7 Å². The molecule has 6 heteroatoms. The van der Waals surface area contributed by atoms with Crippen LogP contribution in [-0.4, -0.2) is 70.4 Å². The molecule has 2 rings (SSSR count). The van der Waals surface area contributed by atoms with Gasteiger partial charge in [0.2, 0.25) is 0 Å². The highest BCUT2D eigenvalue weighted by atomic mass is 16.7. The molecule has 0 unspecified atom stereocenters. The van der Waals surface area contributed by atoms with Crippen LogP contribution in [-0.2, 0) is 23.7 Å². The highest BCUT2D eigenvalue weighted by Gasteiger charge is 2.48. The molecular weight excluding hydrogens is 396 g/mol. The van der Waals surface area contributed by atoms with Gasteiger partial charge in [0, 0.05) is 40.8 Å². The van der Waals surface area contributed by atoms with E-state index in [-0.39, 0.29) is 42.7 Å². The highest BCUT2D eigenvalue weighted by Crippen LogP contribution is 2.49. The maximum atomic E-state index is 10.8. The number of allylic oxidation sites excluding steroid dienone is 2. The summed E-state index contributed by atoms with van der Waals surface area (Å²) in [7, 11) is 6.80. The average molecular weight is 441 g/mol. The minimum Gasteiger partial charge on any atom is -0.392 e. The van der Waals surface area contributed by atoms with Gasteiger partial charge >= 0.3 is 0 Å². The summed E-state index contributed by atoms with van der Waals surface area (Å²) in [5.74, 6) is 1.46. The number of aliphatic hydroxyl groups is 1. The van der Waals surface area contributed by atoms with Gasteiger partial charge in [0.25, 0.3) is 0 Å². The Bertz CT molecular complexity index is 587. The van der Waals surface area contributed by atoms with E-state index >= 15 is 0 Å². The maximum absolute atomic E-state index is 10.8. The van der Waals surface area contributed by atoms with E-state index in [1.165, 1.54) is 0 Å². The van der Waals surface area contributed by atoms with Crippen molar-refractivity contribution < 1.29 is 28.8 Å². The minimum absolute atomic E-state index is 0.0813. The number of aliphatic hydroxyl groups excluding tert-OH is 1. The smallest absolute Gasteiger partial charge is 0.160 e. The third-order valence-corrected chi connectivity index (χ3v) is 7.28. The number of ether oxygens (including phenoxy) is 5. The van der Waals surface area contributed by atoms with Crippen molar-refractivity contribution in [3.63, 3.8) is 0 Å². The molecular formula is C25H44O6. The molecule has 1 saturated carbocycles. The van der Waals surface area contributed by atoms with Crippen LogP contribution in [0.25, 0.3) is 0 Å². The Balaban J connectivity index is 1.96. The molecule has 0 aromatic rings. The van der Waals surface area contributed by atoms with Gasteiger partial charge in [0.05, 0.1) is 18.3 Å². The molecule has 0 radical (unpaired) electrons. The first-order chi connectivity index (χ1) is 14.8. The Labute approximate surface area is 188 Å². The largest absolute Gasteiger partial charge is 0.392 e. The van der Waals surface area contributed by atoms with Gasteiger partial charge in [-0.3, -0.25) is 0 Å². The molecule has 1 aliphatic carbocycles. The van der Waals surface area contributed by atoms with Crippen LogP contribution in [0.15, 0.2) is 23.8 Å². The van der Waals surface area contributed by atoms with E-state index in [9.17, 15) is 5.11 Å². The zero-order valence-corrected chi connectivity index (χ0v) is 20.6. The molecule has 10 atom stereocenters. The second-order valence-corrected chi connectivity index (χ2v) is 9.18. The molecule has 6 nitrogen and oxygen atoms in total. The van der Waals surface area contributed by atoms with Crippen molar-refractivity contribution in [1.29, 1.82) is 0 Å². The molecule has 31 heavy (non-hydrogen) atoms. The van der Waals surface area contributed by atoms with Crippen LogP contribution in [0.5, 0.6) is 0 Å². The van der Waals surface area contributed by atoms with Crippen LogP contribution in [0.4, 0.5) is 0 Å². The lowest BCUT2D eigenvalue weighted by molar-refractivity contribution is -0.241. The van der Waals surface area contributed by atoms with Gasteiger partial charge in [-0.1, -0.05) is 39.0 Å². The van der Waals surface area contributed by atoms with Gasteiger partial charge in [0.1, 0.15) is 12.2 Å². The van der Waals surface area contributed by atoms with E-state index in [0.717, 1.165) is 18.4 Å². The molecule has 2 fully saturated rings. The van der Waals surface area contributed by atoms with E-state index < -0.39 is 0 Å². The Hall–Kier alpha value is -0.760. The normalized spacial score (nSPS) is 35.7. The monoisotopic (exact) mass is 440 g/mol. The summed E-state index contributed by atoms with van der Waals surface area (Å²) in [5.41, 5.74) is 1.04. The lowest BCUT2D eigenvalue weighted by atomic mass is 9.91. The molecule has 2 aliphatic rings. The SMILES string of the molecule is CC[C@H](OC)[C@@H](C)[C@@H]1C[C@H]1[C@H](O)[C@@H](C)/C=C/C=C(\C)[C@@H]1O[C@@H](OC)C[C@H](OC)[C@@H]1OC. The predicted molar refractivity (Wildman–Crippen MR) is 122 cm³/mol. The Morgan fingerprint density at radius 1 is 1.06 bits per heavy atom. The minimum atomic E-state index is -0.333. The summed E-state index contributed by atoms with van der Waals surface area (Å²) in [6, 6.07) is 0. The van der Waals surface area contributed by atoms with Crippen molar-refractivity contribution in [3.05, 3.63) is 23.8 Å². The summed E-state index contributed by atoms with van der Waals surface area (Å²) in [4.78, 5) is 0. The molecule has 180 valence electrons. The molecule has 0 aromatic carbocycles. The van der Waals surface area contributed by atoms with Gasteiger partial charge in [-0.15, -0.1) is 0 Å². The van der Waals surface area contributed by atoms with Crippen LogP contribution in [0.2, 0.25) is 0 Å². The zero-order valence-electron chi connectivity index (χ0n) is 20.6. The number of rotatable bonds is 12. The lowest BCUT2D eigenvalue weighted by Gasteiger charge is -2.40. The van der Waals surface area contributed by atoms with E-state index in [4.69, 9.17) is 23.7 Å². The van der Waals surface area contributed by atoms with Crippen molar-refractivity contribution in [2.45, 2.75) is 83.8 Å². The van der Waals surface area contributed by atoms with Gasteiger partial charge in [-0.2, -0.15) is 0 Å². The molecule has 1 heterocycles. The first kappa shape index (κ1) is 26.5. The summed E-state index contributed by atoms with van der Waals surface area (Å²) >= 11 is 0. The van der Waals surface area contributed by atoms with Gasteiger partial charge in [-0.05, 0) is 43.1 Å². The summed E-state index contributed by atoms with van der Waals surface area (Å²) < 4.78 is 28.4. The fourth-order valence-corrected chi connectivity index (χ4v) is 5.08. The quantitative estimate of drug-likeness (QED) is 0.463. The fraction of sp³-hybridized carbons (Fsp3) is 0.840. The molecule has 1 N–H and O–H groups in total.